The predicted molar refractivity (Wildman–Crippen MR) is 132 cm³/mol. The van der Waals surface area contributed by atoms with E-state index in [1.54, 1.807) is 0 Å². The van der Waals surface area contributed by atoms with Gasteiger partial charge in [0.2, 0.25) is 0 Å². The summed E-state index contributed by atoms with van der Waals surface area (Å²) in [6, 6.07) is 0. The maximum Gasteiger partial charge on any atom is 0.0995 e. The lowest BCUT2D eigenvalue weighted by molar-refractivity contribution is -0.307. The van der Waals surface area contributed by atoms with Gasteiger partial charge in [0.25, 0.3) is 0 Å². The minimum absolute atomic E-state index is 0.283. The summed E-state index contributed by atoms with van der Waals surface area (Å²) in [5, 5.41) is 11.4. The average Bonchev–Trinajstić information content (AvgIpc) is 2.70. The normalized spacial score (nSPS) is 55.2. The fourth-order valence-corrected chi connectivity index (χ4v) is 11.0. The first-order chi connectivity index (χ1) is 14.6. The van der Waals surface area contributed by atoms with Crippen molar-refractivity contribution in [1.82, 2.24) is 0 Å². The van der Waals surface area contributed by atoms with E-state index in [0.717, 1.165) is 31.3 Å². The smallest absolute Gasteiger partial charge is 0.0995 e. The van der Waals surface area contributed by atoms with Gasteiger partial charge in [-0.3, -0.25) is 0 Å². The van der Waals surface area contributed by atoms with E-state index in [0.29, 0.717) is 27.6 Å². The number of hydrogen-bond donors (Lipinski definition) is 1. The lowest BCUT2D eigenvalue weighted by atomic mass is 9.31. The zero-order valence-corrected chi connectivity index (χ0v) is 22.6. The molecule has 0 bridgehead atoms. The number of fused-ring (bicyclic) bond motifs is 7. The summed E-state index contributed by atoms with van der Waals surface area (Å²) in [5.74, 6) is 2.09. The molecule has 0 aromatic heterocycles. The van der Waals surface area contributed by atoms with Gasteiger partial charge in [-0.25, -0.2) is 0 Å². The molecule has 32 heavy (non-hydrogen) atoms. The minimum Gasteiger partial charge on any atom is -0.387 e. The number of ether oxygens (including phenoxy) is 1. The number of hydrogen-bond acceptors (Lipinski definition) is 2. The summed E-state index contributed by atoms with van der Waals surface area (Å²) in [4.78, 5) is 0. The van der Waals surface area contributed by atoms with Crippen molar-refractivity contribution in [2.75, 3.05) is 6.61 Å². The van der Waals surface area contributed by atoms with E-state index in [1.807, 2.05) is 13.8 Å². The molecule has 1 N–H and O–H groups in total. The highest BCUT2D eigenvalue weighted by Gasteiger charge is 2.72. The van der Waals surface area contributed by atoms with Gasteiger partial charge in [-0.15, -0.1) is 0 Å². The Kier molecular flexibility index (Phi) is 5.01. The molecule has 5 fully saturated rings. The Labute approximate surface area is 198 Å². The zero-order valence-electron chi connectivity index (χ0n) is 22.6. The van der Waals surface area contributed by atoms with Crippen molar-refractivity contribution in [3.63, 3.8) is 0 Å². The Bertz CT molecular complexity index is 765. The molecule has 4 aliphatic carbocycles. The summed E-state index contributed by atoms with van der Waals surface area (Å²) in [6.07, 6.45) is 14.4. The van der Waals surface area contributed by atoms with Gasteiger partial charge in [0, 0.05) is 6.61 Å². The lowest BCUT2D eigenvalue weighted by Gasteiger charge is -2.75. The average molecular weight is 445 g/mol. The Morgan fingerprint density at radius 1 is 0.719 bits per heavy atom. The van der Waals surface area contributed by atoms with E-state index in [1.165, 1.54) is 57.8 Å². The van der Waals surface area contributed by atoms with Crippen LogP contribution in [0.1, 0.15) is 126 Å². The summed E-state index contributed by atoms with van der Waals surface area (Å²) in [6.45, 7) is 20.7. The van der Waals surface area contributed by atoms with E-state index in [4.69, 9.17) is 4.74 Å². The third-order valence-corrected chi connectivity index (χ3v) is 13.2. The molecule has 2 heteroatoms. The summed E-state index contributed by atoms with van der Waals surface area (Å²) >= 11 is 0. The van der Waals surface area contributed by atoms with Crippen LogP contribution in [0, 0.1) is 44.8 Å². The largest absolute Gasteiger partial charge is 0.387 e. The first-order valence-electron chi connectivity index (χ1n) is 14.0. The van der Waals surface area contributed by atoms with Crippen LogP contribution in [0.25, 0.3) is 0 Å². The standard InChI is InChI=1S/C30H52O2/c1-24(2)13-14-26(5)15-17-28(7)21-11-12-30(25(3,4)31)22(10-9-19-32-30)27(21,6)16-18-29(28,8)23(26)20-24/h21-23,31H,9-20H2,1-8H3. The van der Waals surface area contributed by atoms with E-state index < -0.39 is 5.60 Å². The van der Waals surface area contributed by atoms with Crippen molar-refractivity contribution >= 4 is 0 Å². The number of rotatable bonds is 1. The zero-order chi connectivity index (χ0) is 23.4. The van der Waals surface area contributed by atoms with E-state index in [-0.39, 0.29) is 11.0 Å². The number of aliphatic hydroxyl groups is 1. The highest BCUT2D eigenvalue weighted by molar-refractivity contribution is 5.21. The second kappa shape index (κ2) is 6.77. The van der Waals surface area contributed by atoms with Gasteiger partial charge in [-0.05, 0) is 129 Å². The van der Waals surface area contributed by atoms with Crippen LogP contribution in [-0.2, 0) is 4.74 Å². The highest BCUT2D eigenvalue weighted by Crippen LogP contribution is 2.77. The Morgan fingerprint density at radius 3 is 2.03 bits per heavy atom. The van der Waals surface area contributed by atoms with Crippen molar-refractivity contribution in [3.05, 3.63) is 0 Å². The lowest BCUT2D eigenvalue weighted by Crippen LogP contribution is -2.72. The van der Waals surface area contributed by atoms with Crippen LogP contribution in [0.3, 0.4) is 0 Å². The monoisotopic (exact) mass is 444 g/mol. The summed E-state index contributed by atoms with van der Waals surface area (Å²) in [7, 11) is 0. The van der Waals surface area contributed by atoms with Gasteiger partial charge in [0.15, 0.2) is 0 Å². The molecule has 184 valence electrons. The molecule has 5 aliphatic rings. The molecule has 1 heterocycles. The van der Waals surface area contributed by atoms with Gasteiger partial charge in [-0.2, -0.15) is 0 Å². The molecule has 0 aromatic carbocycles. The second-order valence-electron chi connectivity index (χ2n) is 15.5. The topological polar surface area (TPSA) is 29.5 Å². The van der Waals surface area contributed by atoms with Crippen LogP contribution in [0.15, 0.2) is 0 Å². The quantitative estimate of drug-likeness (QED) is 0.447. The molecule has 4 saturated carbocycles. The molecule has 0 amide bonds. The van der Waals surface area contributed by atoms with Gasteiger partial charge in [0.1, 0.15) is 0 Å². The predicted octanol–water partition coefficient (Wildman–Crippen LogP) is 7.77. The molecule has 0 spiro atoms. The van der Waals surface area contributed by atoms with E-state index >= 15 is 0 Å². The first-order valence-corrected chi connectivity index (χ1v) is 14.0. The maximum absolute atomic E-state index is 11.4. The molecular weight excluding hydrogens is 392 g/mol. The van der Waals surface area contributed by atoms with Crippen molar-refractivity contribution < 1.29 is 9.84 Å². The third kappa shape index (κ3) is 2.84. The second-order valence-corrected chi connectivity index (χ2v) is 15.5. The SMILES string of the molecule is CC1(C)CCC2(C)CCC3(C)C4CCC5(C(C)(C)O)OCCCC5C4(C)CCC3(C)C2C1. The van der Waals surface area contributed by atoms with Crippen LogP contribution in [0.4, 0.5) is 0 Å². The van der Waals surface area contributed by atoms with Gasteiger partial charge < -0.3 is 9.84 Å². The van der Waals surface area contributed by atoms with Crippen LogP contribution in [0.5, 0.6) is 0 Å². The Morgan fingerprint density at radius 2 is 1.34 bits per heavy atom. The minimum atomic E-state index is -0.772. The van der Waals surface area contributed by atoms with Crippen molar-refractivity contribution in [2.24, 2.45) is 44.8 Å². The van der Waals surface area contributed by atoms with Crippen molar-refractivity contribution in [2.45, 2.75) is 137 Å². The van der Waals surface area contributed by atoms with Gasteiger partial charge >= 0.3 is 0 Å². The molecule has 1 saturated heterocycles. The molecular formula is C30H52O2. The molecule has 8 unspecified atom stereocenters. The first kappa shape index (κ1) is 23.7. The molecule has 0 radical (unpaired) electrons. The van der Waals surface area contributed by atoms with Crippen molar-refractivity contribution in [3.8, 4) is 0 Å². The molecule has 5 rings (SSSR count). The Balaban J connectivity index is 1.56. The molecule has 1 aliphatic heterocycles. The van der Waals surface area contributed by atoms with Crippen LogP contribution < -0.4 is 0 Å². The molecule has 0 aromatic rings. The van der Waals surface area contributed by atoms with Gasteiger partial charge in [0.05, 0.1) is 11.2 Å². The van der Waals surface area contributed by atoms with Crippen LogP contribution >= 0.6 is 0 Å². The summed E-state index contributed by atoms with van der Waals surface area (Å²) < 4.78 is 6.62. The fourth-order valence-electron chi connectivity index (χ4n) is 11.0. The highest BCUT2D eigenvalue weighted by atomic mass is 16.5. The van der Waals surface area contributed by atoms with Crippen LogP contribution in [-0.4, -0.2) is 22.9 Å². The Hall–Kier alpha value is -0.0800. The van der Waals surface area contributed by atoms with E-state index in [9.17, 15) is 5.11 Å². The third-order valence-electron chi connectivity index (χ3n) is 13.2. The maximum atomic E-state index is 11.4. The molecule has 8 atom stereocenters. The fraction of sp³-hybridized carbons (Fsp3) is 1.00. The van der Waals surface area contributed by atoms with Crippen molar-refractivity contribution in [1.29, 1.82) is 0 Å². The van der Waals surface area contributed by atoms with Gasteiger partial charge in [-0.1, -0.05) is 41.5 Å². The van der Waals surface area contributed by atoms with Crippen LogP contribution in [0.2, 0.25) is 0 Å². The summed E-state index contributed by atoms with van der Waals surface area (Å²) in [5.41, 5.74) is 1.03. The van der Waals surface area contributed by atoms with E-state index in [2.05, 4.69) is 41.5 Å². The molecule has 2 nitrogen and oxygen atoms in total.